The van der Waals surface area contributed by atoms with Crippen LogP contribution in [0.3, 0.4) is 0 Å². The van der Waals surface area contributed by atoms with Gasteiger partial charge in [-0.2, -0.15) is 0 Å². The Hall–Kier alpha value is -2.67. The number of rotatable bonds is 6. The first-order valence-corrected chi connectivity index (χ1v) is 10.7. The van der Waals surface area contributed by atoms with Crippen molar-refractivity contribution in [1.82, 2.24) is 15.3 Å². The highest BCUT2D eigenvalue weighted by Crippen LogP contribution is 2.23. The van der Waals surface area contributed by atoms with Gasteiger partial charge in [-0.15, -0.1) is 0 Å². The Morgan fingerprint density at radius 2 is 1.89 bits per heavy atom. The number of sulfone groups is 1. The normalized spacial score (nSPS) is 13.0. The van der Waals surface area contributed by atoms with E-state index in [9.17, 15) is 13.2 Å². The molecule has 3 aromatic rings. The standard InChI is InChI=1S/C20H23N3O3S/c1-13(2)11-18(19-21-16-9-4-5-10-17(16)22-19)23-20(24)14-7-6-8-15(12-14)27(3,25)26/h4-10,12-13,18H,11H2,1-3H3,(H,21,22)(H,23,24). The average molecular weight is 385 g/mol. The van der Waals surface area contributed by atoms with Gasteiger partial charge in [-0.1, -0.05) is 32.0 Å². The molecule has 0 spiro atoms. The molecule has 1 aromatic heterocycles. The molecule has 1 unspecified atom stereocenters. The van der Waals surface area contributed by atoms with Crippen LogP contribution in [0.2, 0.25) is 0 Å². The van der Waals surface area contributed by atoms with Gasteiger partial charge in [0.1, 0.15) is 5.82 Å². The van der Waals surface area contributed by atoms with Crippen LogP contribution in [-0.4, -0.2) is 30.5 Å². The number of imidazole rings is 1. The van der Waals surface area contributed by atoms with Gasteiger partial charge in [0, 0.05) is 11.8 Å². The van der Waals surface area contributed by atoms with Gasteiger partial charge in [-0.05, 0) is 42.7 Å². The molecule has 7 heteroatoms. The molecule has 0 saturated heterocycles. The number of aromatic nitrogens is 2. The maximum Gasteiger partial charge on any atom is 0.251 e. The maximum atomic E-state index is 12.8. The van der Waals surface area contributed by atoms with E-state index < -0.39 is 9.84 Å². The highest BCUT2D eigenvalue weighted by molar-refractivity contribution is 7.90. The zero-order valence-corrected chi connectivity index (χ0v) is 16.4. The summed E-state index contributed by atoms with van der Waals surface area (Å²) in [4.78, 5) is 20.8. The van der Waals surface area contributed by atoms with Gasteiger partial charge in [-0.3, -0.25) is 4.79 Å². The lowest BCUT2D eigenvalue weighted by atomic mass is 10.0. The summed E-state index contributed by atoms with van der Waals surface area (Å²) >= 11 is 0. The SMILES string of the molecule is CC(C)CC(NC(=O)c1cccc(S(C)(=O)=O)c1)c1nc2ccccc2[nH]1. The summed E-state index contributed by atoms with van der Waals surface area (Å²) in [6.07, 6.45) is 1.83. The van der Waals surface area contributed by atoms with Crippen LogP contribution in [0.4, 0.5) is 0 Å². The van der Waals surface area contributed by atoms with Crippen LogP contribution >= 0.6 is 0 Å². The minimum absolute atomic E-state index is 0.124. The fourth-order valence-electron chi connectivity index (χ4n) is 2.96. The Bertz CT molecular complexity index is 1040. The highest BCUT2D eigenvalue weighted by atomic mass is 32.2. The first kappa shape index (κ1) is 19.1. The van der Waals surface area contributed by atoms with Crippen molar-refractivity contribution in [3.8, 4) is 0 Å². The molecule has 27 heavy (non-hydrogen) atoms. The number of para-hydroxylation sites is 2. The van der Waals surface area contributed by atoms with Gasteiger partial charge >= 0.3 is 0 Å². The molecule has 6 nitrogen and oxygen atoms in total. The van der Waals surface area contributed by atoms with Crippen LogP contribution in [0.25, 0.3) is 11.0 Å². The van der Waals surface area contributed by atoms with E-state index in [1.165, 1.54) is 12.1 Å². The van der Waals surface area contributed by atoms with Crippen molar-refractivity contribution < 1.29 is 13.2 Å². The molecular formula is C20H23N3O3S. The molecule has 3 rings (SSSR count). The second-order valence-corrected chi connectivity index (χ2v) is 9.11. The van der Waals surface area contributed by atoms with Crippen molar-refractivity contribution >= 4 is 26.8 Å². The summed E-state index contributed by atoms with van der Waals surface area (Å²) in [6.45, 7) is 4.15. The number of carbonyl (C=O) groups excluding carboxylic acids is 1. The number of hydrogen-bond acceptors (Lipinski definition) is 4. The van der Waals surface area contributed by atoms with Crippen LogP contribution in [0, 0.1) is 5.92 Å². The molecule has 1 heterocycles. The number of H-pyrrole nitrogens is 1. The third kappa shape index (κ3) is 4.54. The summed E-state index contributed by atoms with van der Waals surface area (Å²) < 4.78 is 23.5. The lowest BCUT2D eigenvalue weighted by Gasteiger charge is -2.19. The van der Waals surface area contributed by atoms with Crippen molar-refractivity contribution in [2.45, 2.75) is 31.2 Å². The Morgan fingerprint density at radius 1 is 1.15 bits per heavy atom. The second-order valence-electron chi connectivity index (χ2n) is 7.09. The number of fused-ring (bicyclic) bond motifs is 1. The van der Waals surface area contributed by atoms with E-state index in [-0.39, 0.29) is 16.8 Å². The highest BCUT2D eigenvalue weighted by Gasteiger charge is 2.21. The molecule has 0 aliphatic heterocycles. The zero-order chi connectivity index (χ0) is 19.6. The van der Waals surface area contributed by atoms with E-state index in [1.54, 1.807) is 12.1 Å². The molecule has 142 valence electrons. The molecule has 0 aliphatic carbocycles. The van der Waals surface area contributed by atoms with E-state index in [0.717, 1.165) is 17.3 Å². The monoisotopic (exact) mass is 385 g/mol. The van der Waals surface area contributed by atoms with Crippen molar-refractivity contribution in [2.24, 2.45) is 5.92 Å². The van der Waals surface area contributed by atoms with Crippen LogP contribution in [-0.2, 0) is 9.84 Å². The van der Waals surface area contributed by atoms with Crippen molar-refractivity contribution in [1.29, 1.82) is 0 Å². The quantitative estimate of drug-likeness (QED) is 0.679. The molecule has 2 N–H and O–H groups in total. The lowest BCUT2D eigenvalue weighted by Crippen LogP contribution is -2.30. The Balaban J connectivity index is 1.89. The van der Waals surface area contributed by atoms with Gasteiger partial charge in [0.15, 0.2) is 9.84 Å². The second kappa shape index (κ2) is 7.52. The number of nitrogens with one attached hydrogen (secondary N) is 2. The van der Waals surface area contributed by atoms with Gasteiger partial charge in [0.2, 0.25) is 0 Å². The molecule has 1 amide bonds. The largest absolute Gasteiger partial charge is 0.342 e. The summed E-state index contributed by atoms with van der Waals surface area (Å²) in [5.74, 6) is 0.704. The predicted octanol–water partition coefficient (Wildman–Crippen LogP) is 3.48. The Morgan fingerprint density at radius 3 is 2.56 bits per heavy atom. The topological polar surface area (TPSA) is 91.9 Å². The zero-order valence-electron chi connectivity index (χ0n) is 15.6. The van der Waals surface area contributed by atoms with Crippen LogP contribution in [0.5, 0.6) is 0 Å². The Labute approximate surface area is 158 Å². The molecule has 2 aromatic carbocycles. The van der Waals surface area contributed by atoms with Gasteiger partial charge in [0.25, 0.3) is 5.91 Å². The molecule has 0 radical (unpaired) electrons. The van der Waals surface area contributed by atoms with E-state index >= 15 is 0 Å². The van der Waals surface area contributed by atoms with Crippen molar-refractivity contribution in [3.63, 3.8) is 0 Å². The summed E-state index contributed by atoms with van der Waals surface area (Å²) in [6, 6.07) is 13.5. The predicted molar refractivity (Wildman–Crippen MR) is 105 cm³/mol. The number of aromatic amines is 1. The first-order valence-electron chi connectivity index (χ1n) is 8.79. The number of amides is 1. The minimum Gasteiger partial charge on any atom is -0.342 e. The summed E-state index contributed by atoms with van der Waals surface area (Å²) in [7, 11) is -3.37. The van der Waals surface area contributed by atoms with E-state index in [1.807, 2.05) is 24.3 Å². The van der Waals surface area contributed by atoms with Crippen LogP contribution < -0.4 is 5.32 Å². The average Bonchev–Trinajstić information content (AvgIpc) is 3.04. The third-order valence-electron chi connectivity index (χ3n) is 4.27. The fraction of sp³-hybridized carbons (Fsp3) is 0.300. The third-order valence-corrected chi connectivity index (χ3v) is 5.38. The van der Waals surface area contributed by atoms with Gasteiger partial charge < -0.3 is 10.3 Å². The molecule has 0 bridgehead atoms. The lowest BCUT2D eigenvalue weighted by molar-refractivity contribution is 0.0930. The van der Waals surface area contributed by atoms with E-state index in [2.05, 4.69) is 29.1 Å². The number of carbonyl (C=O) groups is 1. The van der Waals surface area contributed by atoms with Crippen LogP contribution in [0.15, 0.2) is 53.4 Å². The number of hydrogen-bond donors (Lipinski definition) is 2. The van der Waals surface area contributed by atoms with Crippen LogP contribution in [0.1, 0.15) is 42.5 Å². The van der Waals surface area contributed by atoms with E-state index in [0.29, 0.717) is 23.7 Å². The van der Waals surface area contributed by atoms with Gasteiger partial charge in [0.05, 0.1) is 22.0 Å². The smallest absolute Gasteiger partial charge is 0.251 e. The maximum absolute atomic E-state index is 12.8. The number of nitrogens with zero attached hydrogens (tertiary/aromatic N) is 1. The molecule has 1 atom stereocenters. The molecular weight excluding hydrogens is 362 g/mol. The molecule has 0 aliphatic rings. The van der Waals surface area contributed by atoms with E-state index in [4.69, 9.17) is 0 Å². The fourth-order valence-corrected chi connectivity index (χ4v) is 3.62. The summed E-state index contributed by atoms with van der Waals surface area (Å²) in [5.41, 5.74) is 2.06. The minimum atomic E-state index is -3.37. The van der Waals surface area contributed by atoms with Crippen molar-refractivity contribution in [3.05, 3.63) is 59.9 Å². The van der Waals surface area contributed by atoms with Gasteiger partial charge in [-0.25, -0.2) is 13.4 Å². The number of benzene rings is 2. The molecule has 0 fully saturated rings. The Kier molecular flexibility index (Phi) is 5.32. The first-order chi connectivity index (χ1) is 12.7. The summed E-state index contributed by atoms with van der Waals surface area (Å²) in [5, 5.41) is 2.99. The molecule has 0 saturated carbocycles. The van der Waals surface area contributed by atoms with Crippen molar-refractivity contribution in [2.75, 3.05) is 6.26 Å².